The van der Waals surface area contributed by atoms with E-state index < -0.39 is 0 Å². The van der Waals surface area contributed by atoms with Crippen LogP contribution in [0.3, 0.4) is 0 Å². The first-order valence-electron chi connectivity index (χ1n) is 9.73. The second kappa shape index (κ2) is 10.1. The number of piperazine rings is 1. The zero-order valence-corrected chi connectivity index (χ0v) is 17.8. The summed E-state index contributed by atoms with van der Waals surface area (Å²) in [5.41, 5.74) is 0.940. The quantitative estimate of drug-likeness (QED) is 0.673. The summed E-state index contributed by atoms with van der Waals surface area (Å²) >= 11 is 6.24. The first-order chi connectivity index (χ1) is 13.2. The maximum absolute atomic E-state index is 12.6. The normalized spacial score (nSPS) is 18.8. The number of benzene rings is 1. The number of hydrogen-bond acceptors (Lipinski definition) is 4. The number of carbonyl (C=O) groups excluding carboxylic acids is 2. The van der Waals surface area contributed by atoms with Crippen LogP contribution in [0.2, 0.25) is 5.02 Å². The van der Waals surface area contributed by atoms with Crippen LogP contribution in [0.25, 0.3) is 0 Å². The lowest BCUT2D eigenvalue weighted by atomic mass is 10.1. The van der Waals surface area contributed by atoms with E-state index in [2.05, 4.69) is 15.5 Å². The molecule has 0 saturated carbocycles. The molecule has 156 valence electrons. The third-order valence-corrected chi connectivity index (χ3v) is 5.00. The van der Waals surface area contributed by atoms with Gasteiger partial charge in [-0.2, -0.15) is 0 Å². The molecular weight excluding hydrogens is 380 g/mol. The van der Waals surface area contributed by atoms with Crippen molar-refractivity contribution in [1.29, 1.82) is 0 Å². The van der Waals surface area contributed by atoms with Crippen LogP contribution in [0.15, 0.2) is 18.2 Å². The number of aliphatic hydroxyl groups excluding tert-OH is 1. The average Bonchev–Trinajstić information content (AvgIpc) is 2.61. The van der Waals surface area contributed by atoms with Gasteiger partial charge in [-0.3, -0.25) is 9.69 Å². The van der Waals surface area contributed by atoms with Crippen LogP contribution in [-0.2, 0) is 0 Å². The van der Waals surface area contributed by atoms with Crippen molar-refractivity contribution in [3.05, 3.63) is 28.8 Å². The monoisotopic (exact) mass is 410 g/mol. The molecule has 1 heterocycles. The van der Waals surface area contributed by atoms with Gasteiger partial charge in [-0.05, 0) is 38.0 Å². The molecule has 1 saturated heterocycles. The van der Waals surface area contributed by atoms with Crippen molar-refractivity contribution in [2.75, 3.05) is 38.0 Å². The van der Waals surface area contributed by atoms with Gasteiger partial charge in [0.25, 0.3) is 5.91 Å². The Morgan fingerprint density at radius 1 is 1.29 bits per heavy atom. The molecule has 0 radical (unpaired) electrons. The summed E-state index contributed by atoms with van der Waals surface area (Å²) in [4.78, 5) is 28.7. The summed E-state index contributed by atoms with van der Waals surface area (Å²) < 4.78 is 0. The Morgan fingerprint density at radius 2 is 2.00 bits per heavy atom. The summed E-state index contributed by atoms with van der Waals surface area (Å²) in [6.07, 6.45) is -0.388. The highest BCUT2D eigenvalue weighted by Crippen LogP contribution is 2.22. The predicted octanol–water partition coefficient (Wildman–Crippen LogP) is 2.64. The van der Waals surface area contributed by atoms with E-state index in [0.717, 1.165) is 6.54 Å². The maximum atomic E-state index is 12.6. The largest absolute Gasteiger partial charge is 0.392 e. The number of nitrogens with one attached hydrogen (secondary N) is 2. The lowest BCUT2D eigenvalue weighted by Gasteiger charge is -2.40. The fraction of sp³-hybridized carbons (Fsp3) is 0.600. The lowest BCUT2D eigenvalue weighted by Crippen LogP contribution is -2.55. The zero-order valence-electron chi connectivity index (χ0n) is 17.0. The Bertz CT molecular complexity index is 696. The number of rotatable bonds is 6. The number of carbonyl (C=O) groups is 2. The van der Waals surface area contributed by atoms with Gasteiger partial charge >= 0.3 is 6.03 Å². The molecule has 28 heavy (non-hydrogen) atoms. The average molecular weight is 411 g/mol. The van der Waals surface area contributed by atoms with Crippen molar-refractivity contribution < 1.29 is 14.7 Å². The van der Waals surface area contributed by atoms with Gasteiger partial charge in [0, 0.05) is 44.5 Å². The van der Waals surface area contributed by atoms with Gasteiger partial charge in [-0.1, -0.05) is 25.4 Å². The summed E-state index contributed by atoms with van der Waals surface area (Å²) in [6, 6.07) is 4.87. The third-order valence-electron chi connectivity index (χ3n) is 4.69. The highest BCUT2D eigenvalue weighted by molar-refractivity contribution is 6.34. The van der Waals surface area contributed by atoms with E-state index in [4.69, 9.17) is 11.6 Å². The smallest absolute Gasteiger partial charge is 0.321 e. The summed E-state index contributed by atoms with van der Waals surface area (Å²) in [7, 11) is 0. The number of halogens is 1. The molecule has 0 bridgehead atoms. The number of aliphatic hydroxyl groups is 1. The Kier molecular flexibility index (Phi) is 8.10. The summed E-state index contributed by atoms with van der Waals surface area (Å²) in [5.74, 6) is 0.129. The molecule has 0 spiro atoms. The van der Waals surface area contributed by atoms with Gasteiger partial charge in [0.1, 0.15) is 0 Å². The molecule has 0 unspecified atom stereocenters. The SMILES string of the molecule is CC(C)CNC(=O)c1ccc(NC(=O)N2CCN(C[C@H](C)O)[C@H](C)C2)cc1Cl. The molecule has 0 aliphatic carbocycles. The number of nitrogens with zero attached hydrogens (tertiary/aromatic N) is 2. The first kappa shape index (κ1) is 22.5. The fourth-order valence-corrected chi connectivity index (χ4v) is 3.43. The van der Waals surface area contributed by atoms with Crippen molar-refractivity contribution in [2.45, 2.75) is 39.8 Å². The zero-order chi connectivity index (χ0) is 20.8. The van der Waals surface area contributed by atoms with Crippen molar-refractivity contribution in [3.63, 3.8) is 0 Å². The second-order valence-electron chi connectivity index (χ2n) is 7.87. The van der Waals surface area contributed by atoms with Gasteiger partial charge in [0.2, 0.25) is 0 Å². The topological polar surface area (TPSA) is 84.9 Å². The number of amides is 3. The van der Waals surface area contributed by atoms with E-state index in [0.29, 0.717) is 48.4 Å². The van der Waals surface area contributed by atoms with Crippen LogP contribution in [-0.4, -0.2) is 71.7 Å². The predicted molar refractivity (Wildman–Crippen MR) is 112 cm³/mol. The number of urea groups is 1. The fourth-order valence-electron chi connectivity index (χ4n) is 3.16. The van der Waals surface area contributed by atoms with Gasteiger partial charge in [0.05, 0.1) is 16.7 Å². The van der Waals surface area contributed by atoms with Crippen molar-refractivity contribution >= 4 is 29.2 Å². The molecule has 7 nitrogen and oxygen atoms in total. The molecule has 3 amide bonds. The van der Waals surface area contributed by atoms with Crippen LogP contribution in [0.4, 0.5) is 10.5 Å². The number of anilines is 1. The summed E-state index contributed by atoms with van der Waals surface area (Å²) in [5, 5.41) is 15.5. The van der Waals surface area contributed by atoms with Crippen LogP contribution in [0, 0.1) is 5.92 Å². The van der Waals surface area contributed by atoms with E-state index >= 15 is 0 Å². The molecular formula is C20H31ClN4O3. The molecule has 0 aromatic heterocycles. The van der Waals surface area contributed by atoms with Gasteiger partial charge in [-0.15, -0.1) is 0 Å². The number of hydrogen-bond donors (Lipinski definition) is 3. The maximum Gasteiger partial charge on any atom is 0.321 e. The minimum absolute atomic E-state index is 0.171. The molecule has 1 aromatic carbocycles. The molecule has 2 rings (SSSR count). The van der Waals surface area contributed by atoms with Crippen molar-refractivity contribution in [1.82, 2.24) is 15.1 Å². The molecule has 2 atom stereocenters. The van der Waals surface area contributed by atoms with Gasteiger partial charge < -0.3 is 20.6 Å². The molecule has 1 aliphatic heterocycles. The van der Waals surface area contributed by atoms with Crippen molar-refractivity contribution in [3.8, 4) is 0 Å². The number of β-amino-alcohol motifs (C(OH)–C–C–N with tert-alkyl or cyclic N) is 1. The highest BCUT2D eigenvalue weighted by atomic mass is 35.5. The van der Waals surface area contributed by atoms with Crippen LogP contribution in [0.5, 0.6) is 0 Å². The Labute approximate surface area is 172 Å². The molecule has 1 fully saturated rings. The van der Waals surface area contributed by atoms with E-state index in [1.54, 1.807) is 30.0 Å². The molecule has 8 heteroatoms. The van der Waals surface area contributed by atoms with Gasteiger partial charge in [-0.25, -0.2) is 4.79 Å². The standard InChI is InChI=1S/C20H31ClN4O3/c1-13(2)10-22-19(27)17-6-5-16(9-18(17)21)23-20(28)25-8-7-24(12-15(4)26)14(3)11-25/h5-6,9,13-15,26H,7-8,10-12H2,1-4H3,(H,22,27)(H,23,28)/t14-,15+/m1/s1. The Balaban J connectivity index is 1.94. The van der Waals surface area contributed by atoms with E-state index in [-0.39, 0.29) is 24.1 Å². The van der Waals surface area contributed by atoms with E-state index in [9.17, 15) is 14.7 Å². The minimum atomic E-state index is -0.388. The third kappa shape index (κ3) is 6.36. The Morgan fingerprint density at radius 3 is 2.57 bits per heavy atom. The van der Waals surface area contributed by atoms with Crippen LogP contribution < -0.4 is 10.6 Å². The van der Waals surface area contributed by atoms with Crippen molar-refractivity contribution in [2.24, 2.45) is 5.92 Å². The second-order valence-corrected chi connectivity index (χ2v) is 8.27. The lowest BCUT2D eigenvalue weighted by molar-refractivity contribution is 0.0590. The first-order valence-corrected chi connectivity index (χ1v) is 10.1. The minimum Gasteiger partial charge on any atom is -0.392 e. The summed E-state index contributed by atoms with van der Waals surface area (Å²) in [6.45, 7) is 10.9. The van der Waals surface area contributed by atoms with Crippen LogP contribution >= 0.6 is 11.6 Å². The molecule has 3 N–H and O–H groups in total. The van der Waals surface area contributed by atoms with Crippen LogP contribution in [0.1, 0.15) is 38.1 Å². The van der Waals surface area contributed by atoms with E-state index in [1.165, 1.54) is 0 Å². The molecule has 1 aliphatic rings. The molecule has 1 aromatic rings. The highest BCUT2D eigenvalue weighted by Gasteiger charge is 2.27. The van der Waals surface area contributed by atoms with E-state index in [1.807, 2.05) is 20.8 Å². The Hall–Kier alpha value is -1.83. The van der Waals surface area contributed by atoms with Gasteiger partial charge in [0.15, 0.2) is 0 Å².